The number of halogens is 2. The van der Waals surface area contributed by atoms with Crippen LogP contribution in [0.25, 0.3) is 16.6 Å². The highest BCUT2D eigenvalue weighted by atomic mass is 32.2. The Labute approximate surface area is 222 Å². The fourth-order valence-corrected chi connectivity index (χ4v) is 5.12. The van der Waals surface area contributed by atoms with E-state index in [1.54, 1.807) is 48.3 Å². The van der Waals surface area contributed by atoms with Crippen LogP contribution in [-0.2, 0) is 12.3 Å². The summed E-state index contributed by atoms with van der Waals surface area (Å²) < 4.78 is 29.1. The molecule has 5 nitrogen and oxygen atoms in total. The predicted molar refractivity (Wildman–Crippen MR) is 145 cm³/mol. The Morgan fingerprint density at radius 1 is 0.868 bits per heavy atom. The molecule has 0 atom stereocenters. The van der Waals surface area contributed by atoms with E-state index in [1.807, 2.05) is 30.3 Å². The van der Waals surface area contributed by atoms with Crippen molar-refractivity contribution in [1.82, 2.24) is 14.5 Å². The van der Waals surface area contributed by atoms with Crippen LogP contribution in [0.1, 0.15) is 21.5 Å². The molecule has 0 radical (unpaired) electrons. The van der Waals surface area contributed by atoms with E-state index < -0.39 is 5.82 Å². The van der Waals surface area contributed by atoms with Crippen LogP contribution in [0.3, 0.4) is 0 Å². The lowest BCUT2D eigenvalue weighted by Gasteiger charge is -2.18. The minimum Gasteiger partial charge on any atom is -0.337 e. The molecule has 0 bridgehead atoms. The Morgan fingerprint density at radius 3 is 2.32 bits per heavy atom. The van der Waals surface area contributed by atoms with Crippen LogP contribution in [-0.4, -0.2) is 27.4 Å². The van der Waals surface area contributed by atoms with Gasteiger partial charge in [-0.2, -0.15) is 0 Å². The summed E-state index contributed by atoms with van der Waals surface area (Å²) in [6.45, 7) is 0.432. The average molecular weight is 528 g/mol. The first-order chi connectivity index (χ1) is 18.4. The summed E-state index contributed by atoms with van der Waals surface area (Å²) in [7, 11) is 1.72. The molecule has 4 aromatic carbocycles. The van der Waals surface area contributed by atoms with Crippen LogP contribution >= 0.6 is 11.8 Å². The monoisotopic (exact) mass is 527 g/mol. The SMILES string of the molecule is CN(Cc1ccccc1)C(=O)c1ccc2c(=O)n(-c3cccc(F)c3)c(SCc3cccc(F)c3)nc2c1. The fourth-order valence-electron chi connectivity index (χ4n) is 4.16. The number of fused-ring (bicyclic) bond motifs is 1. The van der Waals surface area contributed by atoms with Crippen LogP contribution in [0.2, 0.25) is 0 Å². The molecule has 0 aliphatic carbocycles. The van der Waals surface area contributed by atoms with Gasteiger partial charge in [-0.1, -0.05) is 60.3 Å². The van der Waals surface area contributed by atoms with Crippen molar-refractivity contribution in [2.75, 3.05) is 7.05 Å². The second-order valence-electron chi connectivity index (χ2n) is 8.81. The van der Waals surface area contributed by atoms with Crippen molar-refractivity contribution in [2.24, 2.45) is 0 Å². The summed E-state index contributed by atoms with van der Waals surface area (Å²) >= 11 is 1.23. The molecule has 0 unspecified atom stereocenters. The molecule has 0 fully saturated rings. The van der Waals surface area contributed by atoms with Crippen LogP contribution in [0.15, 0.2) is 107 Å². The van der Waals surface area contributed by atoms with Crippen molar-refractivity contribution >= 4 is 28.6 Å². The van der Waals surface area contributed by atoms with Gasteiger partial charge in [0.1, 0.15) is 11.6 Å². The van der Waals surface area contributed by atoms with Crippen LogP contribution < -0.4 is 5.56 Å². The van der Waals surface area contributed by atoms with Crippen molar-refractivity contribution in [3.05, 3.63) is 136 Å². The second kappa shape index (κ2) is 11.0. The smallest absolute Gasteiger partial charge is 0.266 e. The van der Waals surface area contributed by atoms with Gasteiger partial charge in [-0.05, 0) is 59.7 Å². The largest absolute Gasteiger partial charge is 0.337 e. The topological polar surface area (TPSA) is 55.2 Å². The second-order valence-corrected chi connectivity index (χ2v) is 9.75. The zero-order valence-electron chi connectivity index (χ0n) is 20.5. The zero-order chi connectivity index (χ0) is 26.6. The summed E-state index contributed by atoms with van der Waals surface area (Å²) in [5.74, 6) is -0.720. The van der Waals surface area contributed by atoms with Gasteiger partial charge < -0.3 is 4.90 Å². The van der Waals surface area contributed by atoms with Gasteiger partial charge in [-0.15, -0.1) is 0 Å². The average Bonchev–Trinajstić information content (AvgIpc) is 2.92. The molecule has 0 saturated heterocycles. The molecular formula is C30H23F2N3O2S. The summed E-state index contributed by atoms with van der Waals surface area (Å²) in [5.41, 5.74) is 2.39. The van der Waals surface area contributed by atoms with Crippen molar-refractivity contribution in [3.8, 4) is 5.69 Å². The molecule has 8 heteroatoms. The van der Waals surface area contributed by atoms with Crippen molar-refractivity contribution < 1.29 is 13.6 Å². The lowest BCUT2D eigenvalue weighted by Crippen LogP contribution is -2.26. The maximum Gasteiger partial charge on any atom is 0.266 e. The van der Waals surface area contributed by atoms with Gasteiger partial charge in [0.15, 0.2) is 5.16 Å². The number of carbonyl (C=O) groups is 1. The van der Waals surface area contributed by atoms with Gasteiger partial charge in [-0.25, -0.2) is 13.8 Å². The molecule has 0 N–H and O–H groups in total. The molecule has 190 valence electrons. The summed E-state index contributed by atoms with van der Waals surface area (Å²) in [6.07, 6.45) is 0. The van der Waals surface area contributed by atoms with E-state index in [4.69, 9.17) is 4.98 Å². The summed E-state index contributed by atoms with van der Waals surface area (Å²) in [6, 6.07) is 26.3. The minimum atomic E-state index is -0.488. The number of carbonyl (C=O) groups excluding carboxylic acids is 1. The molecule has 1 aromatic heterocycles. The van der Waals surface area contributed by atoms with Gasteiger partial charge in [0, 0.05) is 24.9 Å². The number of nitrogens with zero attached hydrogens (tertiary/aromatic N) is 3. The minimum absolute atomic E-state index is 0.208. The predicted octanol–water partition coefficient (Wildman–Crippen LogP) is 6.23. The van der Waals surface area contributed by atoms with E-state index in [0.717, 1.165) is 5.56 Å². The van der Waals surface area contributed by atoms with Crippen LogP contribution in [0.4, 0.5) is 8.78 Å². The lowest BCUT2D eigenvalue weighted by molar-refractivity contribution is 0.0785. The number of benzene rings is 4. The third-order valence-corrected chi connectivity index (χ3v) is 7.03. The number of aromatic nitrogens is 2. The van der Waals surface area contributed by atoms with Crippen molar-refractivity contribution in [2.45, 2.75) is 17.5 Å². The van der Waals surface area contributed by atoms with E-state index in [9.17, 15) is 18.4 Å². The molecule has 5 rings (SSSR count). The number of thioether (sulfide) groups is 1. The van der Waals surface area contributed by atoms with Gasteiger partial charge in [-0.3, -0.25) is 14.2 Å². The van der Waals surface area contributed by atoms with Crippen LogP contribution in [0.5, 0.6) is 0 Å². The molecule has 0 aliphatic rings. The first-order valence-electron chi connectivity index (χ1n) is 11.9. The number of hydrogen-bond acceptors (Lipinski definition) is 4. The maximum absolute atomic E-state index is 14.1. The maximum atomic E-state index is 14.1. The first kappa shape index (κ1) is 25.4. The third kappa shape index (κ3) is 5.50. The molecule has 0 saturated carbocycles. The normalized spacial score (nSPS) is 11.0. The molecule has 5 aromatic rings. The van der Waals surface area contributed by atoms with Crippen molar-refractivity contribution in [1.29, 1.82) is 0 Å². The number of hydrogen-bond donors (Lipinski definition) is 0. The van der Waals surface area contributed by atoms with Crippen LogP contribution in [0, 0.1) is 11.6 Å². The Balaban J connectivity index is 1.55. The zero-order valence-corrected chi connectivity index (χ0v) is 21.3. The van der Waals surface area contributed by atoms with Gasteiger partial charge in [0.2, 0.25) is 0 Å². The highest BCUT2D eigenvalue weighted by Crippen LogP contribution is 2.26. The third-order valence-electron chi connectivity index (χ3n) is 6.02. The lowest BCUT2D eigenvalue weighted by atomic mass is 10.1. The molecule has 38 heavy (non-hydrogen) atoms. The quantitative estimate of drug-likeness (QED) is 0.186. The van der Waals surface area contributed by atoms with Crippen molar-refractivity contribution in [3.63, 3.8) is 0 Å². The standard InChI is InChI=1S/C30H23F2N3O2S/c1-34(18-20-7-3-2-4-8-20)28(36)22-13-14-26-27(16-22)33-30(38-19-21-9-5-10-23(31)15-21)35(29(26)37)25-12-6-11-24(32)17-25/h2-17H,18-19H2,1H3. The Hall–Kier alpha value is -4.30. The Bertz CT molecular complexity index is 1690. The summed E-state index contributed by atoms with van der Waals surface area (Å²) in [4.78, 5) is 33.1. The van der Waals surface area contributed by atoms with Gasteiger partial charge >= 0.3 is 0 Å². The van der Waals surface area contributed by atoms with E-state index in [-0.39, 0.29) is 17.3 Å². The number of rotatable bonds is 7. The molecule has 0 spiro atoms. The van der Waals surface area contributed by atoms with E-state index in [1.165, 1.54) is 46.7 Å². The summed E-state index contributed by atoms with van der Waals surface area (Å²) in [5, 5.41) is 0.603. The fraction of sp³-hybridized carbons (Fsp3) is 0.100. The van der Waals surface area contributed by atoms with Gasteiger partial charge in [0.05, 0.1) is 16.6 Å². The van der Waals surface area contributed by atoms with E-state index in [0.29, 0.717) is 45.2 Å². The van der Waals surface area contributed by atoms with E-state index >= 15 is 0 Å². The molecular weight excluding hydrogens is 504 g/mol. The molecule has 1 heterocycles. The molecule has 0 aliphatic heterocycles. The Kier molecular flexibility index (Phi) is 7.33. The van der Waals surface area contributed by atoms with E-state index in [2.05, 4.69) is 0 Å². The Morgan fingerprint density at radius 2 is 1.58 bits per heavy atom. The van der Waals surface area contributed by atoms with Gasteiger partial charge in [0.25, 0.3) is 11.5 Å². The highest BCUT2D eigenvalue weighted by molar-refractivity contribution is 7.98. The first-order valence-corrected chi connectivity index (χ1v) is 12.9. The number of amides is 1. The highest BCUT2D eigenvalue weighted by Gasteiger charge is 2.18. The molecule has 1 amide bonds.